The molecule has 1 aromatic rings. The second-order valence-corrected chi connectivity index (χ2v) is 12.5. The molecule has 2 heterocycles. The van der Waals surface area contributed by atoms with Crippen molar-refractivity contribution in [2.24, 2.45) is 33.7 Å². The number of aldehydes is 1. The van der Waals surface area contributed by atoms with Crippen LogP contribution in [0.2, 0.25) is 0 Å². The van der Waals surface area contributed by atoms with Crippen molar-refractivity contribution >= 4 is 24.5 Å². The highest BCUT2D eigenvalue weighted by molar-refractivity contribution is 5.82. The quantitative estimate of drug-likeness (QED) is 0.221. The molecule has 1 aliphatic carbocycles. The summed E-state index contributed by atoms with van der Waals surface area (Å²) in [6, 6.07) is 10.1. The zero-order chi connectivity index (χ0) is 29.1. The van der Waals surface area contributed by atoms with Gasteiger partial charge in [0, 0.05) is 65.4 Å². The molecule has 0 amide bonds. The summed E-state index contributed by atoms with van der Waals surface area (Å²) in [6.45, 7) is 11.7. The van der Waals surface area contributed by atoms with Crippen LogP contribution >= 0.6 is 0 Å². The third kappa shape index (κ3) is 10.1. The van der Waals surface area contributed by atoms with E-state index in [9.17, 15) is 4.79 Å². The molecule has 5 unspecified atom stereocenters. The number of Topliss-reactive ketones (excluding diaryl/α,β-unsaturated/α-hetero) is 1. The van der Waals surface area contributed by atoms with E-state index < -0.39 is 0 Å². The van der Waals surface area contributed by atoms with Crippen LogP contribution in [0.3, 0.4) is 0 Å². The summed E-state index contributed by atoms with van der Waals surface area (Å²) in [7, 11) is 1.86. The highest BCUT2D eigenvalue weighted by atomic mass is 16.1. The monoisotopic (exact) mass is 567 g/mol. The van der Waals surface area contributed by atoms with Crippen LogP contribution in [0.5, 0.6) is 0 Å². The standard InChI is InChI=1S/C33H49N3O.C2H4O.CH4.2H2/c1-23-17-24(2)32(21-34-5)33(35-20-23)29-12-8-9-27(18-29)19-31(37)16-15-28-10-6-7-11-30(28)22-36-25(3)13-14-26(36)4;1-2-3;;;/h6-7,10-11,20-21,23-27,29H,8-9,12-19,22H2,1-5H3;2H,1H3;1H4;2*1H/t23?,24?,25?,26?,27-,29?;;;;/m1..../s1. The summed E-state index contributed by atoms with van der Waals surface area (Å²) < 4.78 is 0. The van der Waals surface area contributed by atoms with Gasteiger partial charge in [0.2, 0.25) is 0 Å². The second kappa shape index (κ2) is 17.5. The van der Waals surface area contributed by atoms with Crippen LogP contribution in [0.4, 0.5) is 0 Å². The van der Waals surface area contributed by atoms with E-state index in [2.05, 4.69) is 68.1 Å². The highest BCUT2D eigenvalue weighted by Gasteiger charge is 2.30. The number of hydrogen-bond acceptors (Lipinski definition) is 5. The van der Waals surface area contributed by atoms with Gasteiger partial charge in [0.25, 0.3) is 0 Å². The molecule has 5 heteroatoms. The zero-order valence-electron chi connectivity index (χ0n) is 25.9. The second-order valence-electron chi connectivity index (χ2n) is 12.5. The van der Waals surface area contributed by atoms with Gasteiger partial charge >= 0.3 is 0 Å². The number of rotatable bonds is 9. The Bertz CT molecular complexity index is 1060. The van der Waals surface area contributed by atoms with Crippen molar-refractivity contribution < 1.29 is 12.4 Å². The van der Waals surface area contributed by atoms with E-state index >= 15 is 0 Å². The number of benzene rings is 1. The lowest BCUT2D eigenvalue weighted by Gasteiger charge is -2.30. The molecule has 1 saturated heterocycles. The van der Waals surface area contributed by atoms with E-state index in [1.54, 1.807) is 0 Å². The average Bonchev–Trinajstić information content (AvgIpc) is 3.16. The van der Waals surface area contributed by atoms with Crippen LogP contribution in [-0.2, 0) is 22.6 Å². The number of carbonyl (C=O) groups is 2. The van der Waals surface area contributed by atoms with Crippen molar-refractivity contribution in [1.82, 2.24) is 4.90 Å². The predicted molar refractivity (Wildman–Crippen MR) is 179 cm³/mol. The van der Waals surface area contributed by atoms with Crippen molar-refractivity contribution in [2.75, 3.05) is 7.05 Å². The predicted octanol–water partition coefficient (Wildman–Crippen LogP) is 8.79. The van der Waals surface area contributed by atoms with Gasteiger partial charge in [-0.2, -0.15) is 0 Å². The lowest BCUT2D eigenvalue weighted by atomic mass is 9.76. The number of carbonyl (C=O) groups excluding carboxylic acids is 2. The largest absolute Gasteiger partial charge is 0.304 e. The number of hydrogen-bond donors (Lipinski definition) is 0. The number of likely N-dealkylation sites (tertiary alicyclic amines) is 1. The molecule has 232 valence electrons. The molecule has 2 aliphatic heterocycles. The first-order chi connectivity index (χ1) is 19.3. The van der Waals surface area contributed by atoms with Gasteiger partial charge in [0.05, 0.1) is 0 Å². The van der Waals surface area contributed by atoms with Crippen molar-refractivity contribution in [3.05, 3.63) is 46.7 Å². The van der Waals surface area contributed by atoms with Gasteiger partial charge in [-0.05, 0) is 100 Å². The van der Waals surface area contributed by atoms with Crippen molar-refractivity contribution in [3.8, 4) is 0 Å². The minimum atomic E-state index is 0. The van der Waals surface area contributed by atoms with Crippen molar-refractivity contribution in [3.63, 3.8) is 0 Å². The Balaban J connectivity index is 0.00000282. The molecule has 2 fully saturated rings. The van der Waals surface area contributed by atoms with Crippen LogP contribution in [0.25, 0.3) is 0 Å². The van der Waals surface area contributed by atoms with Gasteiger partial charge in [-0.25, -0.2) is 0 Å². The molecule has 0 N–H and O–H groups in total. The van der Waals surface area contributed by atoms with Crippen LogP contribution < -0.4 is 0 Å². The summed E-state index contributed by atoms with van der Waals surface area (Å²) in [6.07, 6.45) is 15.5. The summed E-state index contributed by atoms with van der Waals surface area (Å²) in [5, 5.41) is 0. The molecule has 4 rings (SSSR count). The lowest BCUT2D eigenvalue weighted by molar-refractivity contribution is -0.120. The Kier molecular flexibility index (Phi) is 14.9. The van der Waals surface area contributed by atoms with Gasteiger partial charge < -0.3 is 4.79 Å². The van der Waals surface area contributed by atoms with E-state index in [-0.39, 0.29) is 10.3 Å². The van der Waals surface area contributed by atoms with Gasteiger partial charge in [-0.3, -0.25) is 19.7 Å². The van der Waals surface area contributed by atoms with E-state index in [0.717, 1.165) is 38.5 Å². The maximum atomic E-state index is 13.2. The van der Waals surface area contributed by atoms with Gasteiger partial charge in [-0.1, -0.05) is 52.0 Å². The number of aryl methyl sites for hydroxylation is 1. The Morgan fingerprint density at radius 1 is 1.05 bits per heavy atom. The fourth-order valence-electron chi connectivity index (χ4n) is 7.09. The molecule has 6 atom stereocenters. The fraction of sp³-hybridized carbons (Fsp3) is 0.667. The van der Waals surface area contributed by atoms with Gasteiger partial charge in [0.15, 0.2) is 0 Å². The van der Waals surface area contributed by atoms with Gasteiger partial charge in [-0.15, -0.1) is 0 Å². The van der Waals surface area contributed by atoms with Crippen LogP contribution in [0.1, 0.15) is 114 Å². The summed E-state index contributed by atoms with van der Waals surface area (Å²) in [4.78, 5) is 34.0. The van der Waals surface area contributed by atoms with Crippen molar-refractivity contribution in [2.45, 2.75) is 125 Å². The van der Waals surface area contributed by atoms with Crippen LogP contribution in [0.15, 0.2) is 45.5 Å². The van der Waals surface area contributed by atoms with E-state index in [1.165, 1.54) is 61.4 Å². The van der Waals surface area contributed by atoms with Crippen LogP contribution in [0, 0.1) is 23.7 Å². The summed E-state index contributed by atoms with van der Waals surface area (Å²) in [5.74, 6) is 2.33. The smallest absolute Gasteiger partial charge is 0.133 e. The molecule has 1 saturated carbocycles. The fourth-order valence-corrected chi connectivity index (χ4v) is 7.09. The maximum absolute atomic E-state index is 13.2. The molecule has 0 bridgehead atoms. The Morgan fingerprint density at radius 2 is 1.71 bits per heavy atom. The van der Waals surface area contributed by atoms with Crippen LogP contribution in [-0.4, -0.2) is 48.5 Å². The number of nitrogens with zero attached hydrogens (tertiary/aromatic N) is 3. The number of aliphatic imine (C=N–C) groups is 2. The first kappa shape index (κ1) is 34.8. The first-order valence-electron chi connectivity index (χ1n) is 15.7. The normalized spacial score (nSPS) is 28.5. The first-order valence-corrected chi connectivity index (χ1v) is 15.7. The topological polar surface area (TPSA) is 62.1 Å². The third-order valence-corrected chi connectivity index (χ3v) is 9.25. The molecule has 41 heavy (non-hydrogen) atoms. The molecule has 3 aliphatic rings. The van der Waals surface area contributed by atoms with Gasteiger partial charge in [0.1, 0.15) is 12.1 Å². The Labute approximate surface area is 254 Å². The molecule has 0 radical (unpaired) electrons. The Hall–Kier alpha value is -2.40. The van der Waals surface area contributed by atoms with E-state index in [1.807, 2.05) is 13.3 Å². The van der Waals surface area contributed by atoms with Crippen molar-refractivity contribution in [1.29, 1.82) is 0 Å². The third-order valence-electron chi connectivity index (χ3n) is 9.25. The van der Waals surface area contributed by atoms with E-state index in [4.69, 9.17) is 9.79 Å². The molecule has 5 nitrogen and oxygen atoms in total. The van der Waals surface area contributed by atoms with E-state index in [0.29, 0.717) is 48.0 Å². The zero-order valence-corrected chi connectivity index (χ0v) is 25.9. The molecular formula is C36H61N3O2. The molecule has 0 aromatic heterocycles. The number of allylic oxidation sites excluding steroid dienone is 2. The minimum absolute atomic E-state index is 0. The highest BCUT2D eigenvalue weighted by Crippen LogP contribution is 2.40. The summed E-state index contributed by atoms with van der Waals surface area (Å²) in [5.41, 5.74) is 5.32. The maximum Gasteiger partial charge on any atom is 0.133 e. The number of ketones is 1. The molecular weight excluding hydrogens is 506 g/mol. The minimum Gasteiger partial charge on any atom is -0.304 e. The lowest BCUT2D eigenvalue weighted by Crippen LogP contribution is -2.32. The SMILES string of the molecule is C.CC=O.CN=CC1=C(C2CCC[C@@H](CC(=O)CCc3ccccc3CN3C(C)CCC3C)C2)N=CC(C)CC1C.[HH].[HH]. The molecule has 0 spiro atoms. The summed E-state index contributed by atoms with van der Waals surface area (Å²) >= 11 is 0. The Morgan fingerprint density at radius 3 is 2.37 bits per heavy atom. The molecule has 1 aromatic carbocycles. The average molecular weight is 568 g/mol.